The average molecular weight is 340 g/mol. The maximum Gasteiger partial charge on any atom is 0.315 e. The quantitative estimate of drug-likeness (QED) is 0.772. The molecule has 0 unspecified atom stereocenters. The van der Waals surface area contributed by atoms with E-state index in [1.807, 2.05) is 24.3 Å². The highest BCUT2D eigenvalue weighted by Crippen LogP contribution is 2.25. The Morgan fingerprint density at radius 2 is 2.09 bits per heavy atom. The fourth-order valence-corrected chi connectivity index (χ4v) is 4.23. The van der Waals surface area contributed by atoms with E-state index in [4.69, 9.17) is 4.74 Å². The van der Waals surface area contributed by atoms with Gasteiger partial charge in [-0.2, -0.15) is 0 Å². The third-order valence-corrected chi connectivity index (χ3v) is 5.52. The van der Waals surface area contributed by atoms with Crippen LogP contribution in [0.25, 0.3) is 0 Å². The molecule has 7 heteroatoms. The fraction of sp³-hybridized carbons (Fsp3) is 0.562. The zero-order valence-corrected chi connectivity index (χ0v) is 14.4. The van der Waals surface area contributed by atoms with E-state index in [1.54, 1.807) is 0 Å². The van der Waals surface area contributed by atoms with Crippen molar-refractivity contribution in [3.8, 4) is 5.75 Å². The van der Waals surface area contributed by atoms with Gasteiger partial charge >= 0.3 is 6.03 Å². The minimum absolute atomic E-state index is 0.0265. The number of rotatable bonds is 6. The number of hydrogen-bond donors (Lipinski definition) is 2. The van der Waals surface area contributed by atoms with Gasteiger partial charge in [-0.1, -0.05) is 32.0 Å². The van der Waals surface area contributed by atoms with E-state index in [-0.39, 0.29) is 23.6 Å². The predicted molar refractivity (Wildman–Crippen MR) is 89.6 cm³/mol. The second-order valence-electron chi connectivity index (χ2n) is 6.04. The molecule has 0 saturated carbocycles. The first-order chi connectivity index (χ1) is 10.9. The number of para-hydroxylation sites is 1. The van der Waals surface area contributed by atoms with Crippen molar-refractivity contribution in [3.63, 3.8) is 0 Å². The lowest BCUT2D eigenvalue weighted by Crippen LogP contribution is -2.43. The van der Waals surface area contributed by atoms with Crippen LogP contribution in [0.5, 0.6) is 5.75 Å². The number of hydrogen-bond acceptors (Lipinski definition) is 4. The maximum atomic E-state index is 11.7. The van der Waals surface area contributed by atoms with E-state index in [9.17, 15) is 13.2 Å². The van der Waals surface area contributed by atoms with Crippen molar-refractivity contribution in [1.82, 2.24) is 10.6 Å². The number of carbonyl (C=O) groups excluding carboxylic acids is 1. The van der Waals surface area contributed by atoms with Crippen molar-refractivity contribution in [2.45, 2.75) is 32.2 Å². The van der Waals surface area contributed by atoms with Gasteiger partial charge in [-0.05, 0) is 24.0 Å². The molecule has 0 aliphatic carbocycles. The Kier molecular flexibility index (Phi) is 5.87. The number of benzene rings is 1. The molecule has 1 aromatic rings. The summed E-state index contributed by atoms with van der Waals surface area (Å²) < 4.78 is 28.4. The van der Waals surface area contributed by atoms with E-state index < -0.39 is 9.84 Å². The topological polar surface area (TPSA) is 84.5 Å². The van der Waals surface area contributed by atoms with Crippen molar-refractivity contribution in [2.75, 3.05) is 24.7 Å². The van der Waals surface area contributed by atoms with Crippen molar-refractivity contribution >= 4 is 15.9 Å². The molecular weight excluding hydrogens is 316 g/mol. The van der Waals surface area contributed by atoms with E-state index in [2.05, 4.69) is 24.5 Å². The Morgan fingerprint density at radius 3 is 2.74 bits per heavy atom. The van der Waals surface area contributed by atoms with Crippen molar-refractivity contribution in [3.05, 3.63) is 29.8 Å². The molecule has 2 rings (SSSR count). The Labute approximate surface area is 137 Å². The molecule has 23 heavy (non-hydrogen) atoms. The molecule has 0 aromatic heterocycles. The highest BCUT2D eigenvalue weighted by atomic mass is 32.2. The monoisotopic (exact) mass is 340 g/mol. The molecule has 1 saturated heterocycles. The van der Waals surface area contributed by atoms with Crippen LogP contribution in [0.4, 0.5) is 4.79 Å². The summed E-state index contributed by atoms with van der Waals surface area (Å²) in [4.78, 5) is 11.7. The summed E-state index contributed by atoms with van der Waals surface area (Å²) in [6, 6.07) is 7.20. The normalized spacial score (nSPS) is 19.5. The van der Waals surface area contributed by atoms with Crippen LogP contribution in [0, 0.1) is 0 Å². The lowest BCUT2D eigenvalue weighted by atomic mass is 10.0. The zero-order chi connectivity index (χ0) is 16.9. The predicted octanol–water partition coefficient (Wildman–Crippen LogP) is 1.68. The Morgan fingerprint density at radius 1 is 1.35 bits per heavy atom. The first-order valence-electron chi connectivity index (χ1n) is 7.84. The largest absolute Gasteiger partial charge is 0.491 e. The number of carbonyl (C=O) groups is 1. The van der Waals surface area contributed by atoms with Crippen LogP contribution in [-0.2, 0) is 9.84 Å². The highest BCUT2D eigenvalue weighted by molar-refractivity contribution is 7.91. The van der Waals surface area contributed by atoms with Crippen LogP contribution in [0.1, 0.15) is 31.7 Å². The molecule has 1 aliphatic heterocycles. The summed E-state index contributed by atoms with van der Waals surface area (Å²) >= 11 is 0. The molecule has 2 amide bonds. The van der Waals surface area contributed by atoms with Gasteiger partial charge in [0.2, 0.25) is 0 Å². The van der Waals surface area contributed by atoms with Crippen molar-refractivity contribution < 1.29 is 17.9 Å². The number of nitrogens with one attached hydrogen (secondary N) is 2. The van der Waals surface area contributed by atoms with Gasteiger partial charge in [0.05, 0.1) is 18.1 Å². The summed E-state index contributed by atoms with van der Waals surface area (Å²) in [6.45, 7) is 4.92. The first kappa shape index (κ1) is 17.6. The summed E-state index contributed by atoms with van der Waals surface area (Å²) in [7, 11) is -2.98. The molecule has 1 aromatic carbocycles. The fourth-order valence-electron chi connectivity index (χ4n) is 2.56. The van der Waals surface area contributed by atoms with Crippen LogP contribution in [0.3, 0.4) is 0 Å². The standard InChI is InChI=1S/C16H24N2O4S/c1-12(2)14-5-3-4-6-15(14)22-9-8-17-16(19)18-13-7-10-23(20,21)11-13/h3-6,12-13H,7-11H2,1-2H3,(H2,17,18,19)/t13-/m1/s1. The molecule has 1 aliphatic rings. The van der Waals surface area contributed by atoms with E-state index in [0.717, 1.165) is 11.3 Å². The van der Waals surface area contributed by atoms with E-state index in [1.165, 1.54) is 0 Å². The van der Waals surface area contributed by atoms with Crippen LogP contribution in [0.15, 0.2) is 24.3 Å². The molecule has 0 spiro atoms. The molecule has 6 nitrogen and oxygen atoms in total. The minimum atomic E-state index is -2.98. The Hall–Kier alpha value is -1.76. The number of sulfone groups is 1. The molecule has 128 valence electrons. The molecule has 0 bridgehead atoms. The third kappa shape index (κ3) is 5.42. The average Bonchev–Trinajstić information content (AvgIpc) is 2.82. The van der Waals surface area contributed by atoms with Crippen molar-refractivity contribution in [1.29, 1.82) is 0 Å². The second kappa shape index (κ2) is 7.68. The van der Waals surface area contributed by atoms with Gasteiger partial charge in [0.25, 0.3) is 0 Å². The SMILES string of the molecule is CC(C)c1ccccc1OCCNC(=O)N[C@@H]1CCS(=O)(=O)C1. The van der Waals surface area contributed by atoms with Gasteiger partial charge in [0.1, 0.15) is 12.4 Å². The van der Waals surface area contributed by atoms with Crippen LogP contribution in [-0.4, -0.2) is 45.1 Å². The zero-order valence-electron chi connectivity index (χ0n) is 13.5. The molecule has 1 atom stereocenters. The van der Waals surface area contributed by atoms with Gasteiger partial charge in [-0.25, -0.2) is 13.2 Å². The smallest absolute Gasteiger partial charge is 0.315 e. The third-order valence-electron chi connectivity index (χ3n) is 3.75. The molecule has 2 N–H and O–H groups in total. The van der Waals surface area contributed by atoms with Gasteiger partial charge in [0.15, 0.2) is 9.84 Å². The lowest BCUT2D eigenvalue weighted by Gasteiger charge is -2.15. The molecule has 0 radical (unpaired) electrons. The van der Waals surface area contributed by atoms with Crippen LogP contribution >= 0.6 is 0 Å². The number of amides is 2. The van der Waals surface area contributed by atoms with E-state index in [0.29, 0.717) is 25.5 Å². The Bertz CT molecular complexity index is 643. The first-order valence-corrected chi connectivity index (χ1v) is 9.66. The lowest BCUT2D eigenvalue weighted by molar-refractivity contribution is 0.233. The summed E-state index contributed by atoms with van der Waals surface area (Å²) in [5, 5.41) is 5.36. The summed E-state index contributed by atoms with van der Waals surface area (Å²) in [5.41, 5.74) is 1.13. The van der Waals surface area contributed by atoms with Gasteiger partial charge < -0.3 is 15.4 Å². The Balaban J connectivity index is 1.70. The van der Waals surface area contributed by atoms with E-state index >= 15 is 0 Å². The van der Waals surface area contributed by atoms with Crippen LogP contribution in [0.2, 0.25) is 0 Å². The van der Waals surface area contributed by atoms with Gasteiger partial charge in [-0.15, -0.1) is 0 Å². The van der Waals surface area contributed by atoms with Crippen molar-refractivity contribution in [2.24, 2.45) is 0 Å². The highest BCUT2D eigenvalue weighted by Gasteiger charge is 2.28. The summed E-state index contributed by atoms with van der Waals surface area (Å²) in [5.74, 6) is 1.37. The second-order valence-corrected chi connectivity index (χ2v) is 8.27. The minimum Gasteiger partial charge on any atom is -0.491 e. The van der Waals surface area contributed by atoms with Gasteiger partial charge in [-0.3, -0.25) is 0 Å². The number of ether oxygens (including phenoxy) is 1. The molecule has 1 heterocycles. The summed E-state index contributed by atoms with van der Waals surface area (Å²) in [6.07, 6.45) is 0.480. The van der Waals surface area contributed by atoms with Crippen LogP contribution < -0.4 is 15.4 Å². The maximum absolute atomic E-state index is 11.7. The number of urea groups is 1. The molecule has 1 fully saturated rings. The van der Waals surface area contributed by atoms with Gasteiger partial charge in [0, 0.05) is 6.04 Å². The molecular formula is C16H24N2O4S.